The smallest absolute Gasteiger partial charge is 0.267 e. The molecule has 1 unspecified atom stereocenters. The summed E-state index contributed by atoms with van der Waals surface area (Å²) in [5, 5.41) is 13.7. The molecule has 1 aliphatic rings. The Kier molecular flexibility index (Phi) is 2.73. The Bertz CT molecular complexity index is 398. The van der Waals surface area contributed by atoms with E-state index < -0.39 is 6.10 Å². The van der Waals surface area contributed by atoms with E-state index in [4.69, 9.17) is 4.74 Å². The Labute approximate surface area is 87.3 Å². The van der Waals surface area contributed by atoms with Gasteiger partial charge in [0.05, 0.1) is 19.8 Å². The molecule has 1 saturated carbocycles. The minimum absolute atomic E-state index is 0.212. The fourth-order valence-electron chi connectivity index (χ4n) is 1.48. The molecule has 0 aromatic carbocycles. The van der Waals surface area contributed by atoms with Crippen LogP contribution in [0.15, 0.2) is 16.9 Å². The third-order valence-corrected chi connectivity index (χ3v) is 2.58. The summed E-state index contributed by atoms with van der Waals surface area (Å²) in [6, 6.07) is 2.91. The molecule has 1 aromatic rings. The number of aliphatic hydroxyl groups excluding tert-OH is 1. The normalized spacial score (nSPS) is 17.5. The highest BCUT2D eigenvalue weighted by Gasteiger charge is 2.30. The van der Waals surface area contributed by atoms with E-state index in [0.29, 0.717) is 11.8 Å². The first-order valence-corrected chi connectivity index (χ1v) is 5.01. The molecular weight excluding hydrogens is 196 g/mol. The number of rotatable bonds is 4. The monoisotopic (exact) mass is 210 g/mol. The maximum absolute atomic E-state index is 11.4. The summed E-state index contributed by atoms with van der Waals surface area (Å²) in [5.41, 5.74) is -0.212. The molecule has 1 N–H and O–H groups in total. The van der Waals surface area contributed by atoms with E-state index in [1.165, 1.54) is 23.9 Å². The zero-order valence-electron chi connectivity index (χ0n) is 8.59. The van der Waals surface area contributed by atoms with Crippen LogP contribution in [-0.4, -0.2) is 28.1 Å². The summed E-state index contributed by atoms with van der Waals surface area (Å²) in [6.45, 7) is 0.251. The minimum atomic E-state index is -0.470. The van der Waals surface area contributed by atoms with E-state index in [0.717, 1.165) is 12.8 Å². The average molecular weight is 210 g/mol. The van der Waals surface area contributed by atoms with Gasteiger partial charge in [0.15, 0.2) is 0 Å². The van der Waals surface area contributed by atoms with Crippen molar-refractivity contribution < 1.29 is 9.84 Å². The van der Waals surface area contributed by atoms with Crippen LogP contribution in [0.1, 0.15) is 12.8 Å². The van der Waals surface area contributed by atoms with Crippen molar-refractivity contribution in [1.29, 1.82) is 0 Å². The van der Waals surface area contributed by atoms with Gasteiger partial charge in [0, 0.05) is 12.1 Å². The van der Waals surface area contributed by atoms with Gasteiger partial charge in [-0.05, 0) is 18.8 Å². The lowest BCUT2D eigenvalue weighted by Crippen LogP contribution is -2.29. The van der Waals surface area contributed by atoms with Crippen LogP contribution in [0.2, 0.25) is 0 Å². The summed E-state index contributed by atoms with van der Waals surface area (Å²) in [5.74, 6) is 0.725. The Morgan fingerprint density at radius 1 is 1.67 bits per heavy atom. The molecule has 0 bridgehead atoms. The summed E-state index contributed by atoms with van der Waals surface area (Å²) < 4.78 is 6.17. The van der Waals surface area contributed by atoms with Crippen LogP contribution in [0.25, 0.3) is 0 Å². The zero-order chi connectivity index (χ0) is 10.8. The van der Waals surface area contributed by atoms with Crippen LogP contribution in [-0.2, 0) is 6.54 Å². The Balaban J connectivity index is 2.14. The molecule has 15 heavy (non-hydrogen) atoms. The van der Waals surface area contributed by atoms with Gasteiger partial charge < -0.3 is 9.84 Å². The fourth-order valence-corrected chi connectivity index (χ4v) is 1.48. The number of nitrogens with zero attached hydrogens (tertiary/aromatic N) is 2. The molecular formula is C10H14N2O3. The lowest BCUT2D eigenvalue weighted by Gasteiger charge is -2.10. The van der Waals surface area contributed by atoms with Crippen LogP contribution in [0.4, 0.5) is 0 Å². The maximum Gasteiger partial charge on any atom is 0.267 e. The van der Waals surface area contributed by atoms with Crippen molar-refractivity contribution in [1.82, 2.24) is 9.78 Å². The van der Waals surface area contributed by atoms with Crippen molar-refractivity contribution in [3.63, 3.8) is 0 Å². The predicted molar refractivity (Wildman–Crippen MR) is 53.8 cm³/mol. The molecule has 0 saturated heterocycles. The molecule has 1 atom stereocenters. The van der Waals surface area contributed by atoms with Crippen LogP contribution in [0, 0.1) is 5.92 Å². The molecule has 0 radical (unpaired) electrons. The number of methoxy groups -OCH3 is 1. The summed E-state index contributed by atoms with van der Waals surface area (Å²) in [6.07, 6.45) is 1.61. The second-order valence-electron chi connectivity index (χ2n) is 3.80. The van der Waals surface area contributed by atoms with Gasteiger partial charge >= 0.3 is 0 Å². The molecule has 1 fully saturated rings. The van der Waals surface area contributed by atoms with Gasteiger partial charge in [-0.2, -0.15) is 0 Å². The van der Waals surface area contributed by atoms with E-state index in [-0.39, 0.29) is 12.1 Å². The third kappa shape index (κ3) is 2.36. The van der Waals surface area contributed by atoms with Crippen molar-refractivity contribution in [2.75, 3.05) is 7.11 Å². The Morgan fingerprint density at radius 3 is 3.00 bits per heavy atom. The second kappa shape index (κ2) is 4.02. The zero-order valence-corrected chi connectivity index (χ0v) is 8.59. The van der Waals surface area contributed by atoms with E-state index >= 15 is 0 Å². The molecule has 0 spiro atoms. The van der Waals surface area contributed by atoms with Gasteiger partial charge in [-0.3, -0.25) is 4.79 Å². The first-order valence-electron chi connectivity index (χ1n) is 5.01. The van der Waals surface area contributed by atoms with Crippen LogP contribution in [0.5, 0.6) is 5.88 Å². The van der Waals surface area contributed by atoms with Crippen molar-refractivity contribution in [3.8, 4) is 5.88 Å². The van der Waals surface area contributed by atoms with Crippen LogP contribution < -0.4 is 10.3 Å². The molecule has 1 aliphatic carbocycles. The summed E-state index contributed by atoms with van der Waals surface area (Å²) >= 11 is 0. The third-order valence-electron chi connectivity index (χ3n) is 2.58. The number of ether oxygens (including phenoxy) is 1. The molecule has 0 amide bonds. The Hall–Kier alpha value is -1.36. The number of hydrogen-bond acceptors (Lipinski definition) is 4. The average Bonchev–Trinajstić information content (AvgIpc) is 3.04. The molecule has 82 valence electrons. The fraction of sp³-hybridized carbons (Fsp3) is 0.600. The molecule has 1 aromatic heterocycles. The first kappa shape index (κ1) is 10.2. The van der Waals surface area contributed by atoms with Gasteiger partial charge in [-0.25, -0.2) is 4.68 Å². The minimum Gasteiger partial charge on any atom is -0.480 e. The van der Waals surface area contributed by atoms with E-state index in [9.17, 15) is 9.90 Å². The van der Waals surface area contributed by atoms with Crippen molar-refractivity contribution >= 4 is 0 Å². The second-order valence-corrected chi connectivity index (χ2v) is 3.80. The van der Waals surface area contributed by atoms with Gasteiger partial charge in [0.25, 0.3) is 5.56 Å². The number of hydrogen-bond donors (Lipinski definition) is 1. The molecule has 5 heteroatoms. The van der Waals surface area contributed by atoms with Crippen LogP contribution >= 0.6 is 0 Å². The van der Waals surface area contributed by atoms with E-state index in [1.807, 2.05) is 0 Å². The molecule has 5 nitrogen and oxygen atoms in total. The first-order chi connectivity index (χ1) is 7.20. The lowest BCUT2D eigenvalue weighted by atomic mass is 10.2. The van der Waals surface area contributed by atoms with Gasteiger partial charge in [0.2, 0.25) is 5.88 Å². The molecule has 1 heterocycles. The molecule has 2 rings (SSSR count). The highest BCUT2D eigenvalue weighted by molar-refractivity contribution is 5.06. The molecule has 0 aliphatic heterocycles. The highest BCUT2D eigenvalue weighted by atomic mass is 16.5. The van der Waals surface area contributed by atoms with E-state index in [2.05, 4.69) is 5.10 Å². The van der Waals surface area contributed by atoms with Gasteiger partial charge in [-0.15, -0.1) is 5.10 Å². The standard InChI is InChI=1S/C10H14N2O3/c1-15-9-4-5-10(14)12(11-9)6-8(13)7-2-3-7/h4-5,7-8,13H,2-3,6H2,1H3. The van der Waals surface area contributed by atoms with E-state index in [1.54, 1.807) is 0 Å². The van der Waals surface area contributed by atoms with Crippen molar-refractivity contribution in [2.45, 2.75) is 25.5 Å². The van der Waals surface area contributed by atoms with Gasteiger partial charge in [-0.1, -0.05) is 0 Å². The largest absolute Gasteiger partial charge is 0.480 e. The Morgan fingerprint density at radius 2 is 2.40 bits per heavy atom. The summed E-state index contributed by atoms with van der Waals surface area (Å²) in [7, 11) is 1.49. The van der Waals surface area contributed by atoms with Crippen molar-refractivity contribution in [2.24, 2.45) is 5.92 Å². The lowest BCUT2D eigenvalue weighted by molar-refractivity contribution is 0.124. The number of aromatic nitrogens is 2. The van der Waals surface area contributed by atoms with Crippen molar-refractivity contribution in [3.05, 3.63) is 22.5 Å². The van der Waals surface area contributed by atoms with Gasteiger partial charge in [0.1, 0.15) is 0 Å². The quantitative estimate of drug-likeness (QED) is 0.761. The topological polar surface area (TPSA) is 64.3 Å². The van der Waals surface area contributed by atoms with Crippen LogP contribution in [0.3, 0.4) is 0 Å². The maximum atomic E-state index is 11.4. The summed E-state index contributed by atoms with van der Waals surface area (Å²) in [4.78, 5) is 11.4. The predicted octanol–water partition coefficient (Wildman–Crippen LogP) is 0.0228. The highest BCUT2D eigenvalue weighted by Crippen LogP contribution is 2.32. The SMILES string of the molecule is COc1ccc(=O)n(CC(O)C2CC2)n1. The number of aliphatic hydroxyl groups is 1.